The third-order valence-electron chi connectivity index (χ3n) is 3.01. The zero-order chi connectivity index (χ0) is 11.5. The molecule has 7 nitrogen and oxygen atoms in total. The first-order valence-corrected chi connectivity index (χ1v) is 5.94. The second-order valence-corrected chi connectivity index (χ2v) is 4.27. The van der Waals surface area contributed by atoms with E-state index >= 15 is 0 Å². The van der Waals surface area contributed by atoms with Crippen LogP contribution in [-0.4, -0.2) is 44.4 Å². The largest absolute Gasteiger partial charge is 0.367 e. The van der Waals surface area contributed by atoms with Crippen molar-refractivity contribution in [2.45, 2.75) is 25.3 Å². The quantitative estimate of drug-likeness (QED) is 0.781. The van der Waals surface area contributed by atoms with E-state index in [1.54, 1.807) is 0 Å². The molecule has 1 atom stereocenters. The molecule has 17 heavy (non-hydrogen) atoms. The fourth-order valence-electron chi connectivity index (χ4n) is 2.07. The minimum absolute atomic E-state index is 0.537. The van der Waals surface area contributed by atoms with E-state index in [1.807, 2.05) is 12.1 Å². The Morgan fingerprint density at radius 1 is 1.41 bits per heavy atom. The molecular formula is C10H15N7. The summed E-state index contributed by atoms with van der Waals surface area (Å²) in [5, 5.41) is 22.2. The Labute approximate surface area is 98.6 Å². The number of hydrogen-bond acceptors (Lipinski definition) is 6. The lowest BCUT2D eigenvalue weighted by Gasteiger charge is -2.23. The first-order valence-electron chi connectivity index (χ1n) is 5.94. The van der Waals surface area contributed by atoms with Gasteiger partial charge in [0.2, 0.25) is 0 Å². The Bertz CT molecular complexity index is 488. The van der Waals surface area contributed by atoms with Gasteiger partial charge in [-0.1, -0.05) is 6.42 Å². The van der Waals surface area contributed by atoms with Crippen molar-refractivity contribution in [1.29, 1.82) is 0 Å². The van der Waals surface area contributed by atoms with Crippen molar-refractivity contribution in [3.63, 3.8) is 0 Å². The Morgan fingerprint density at radius 2 is 2.41 bits per heavy atom. The summed E-state index contributed by atoms with van der Waals surface area (Å²) in [7, 11) is 0. The van der Waals surface area contributed by atoms with Gasteiger partial charge in [-0.05, 0) is 41.9 Å². The van der Waals surface area contributed by atoms with Gasteiger partial charge in [0.15, 0.2) is 5.65 Å². The highest BCUT2D eigenvalue weighted by atomic mass is 15.6. The summed E-state index contributed by atoms with van der Waals surface area (Å²) in [5.74, 6) is 0.803. The van der Waals surface area contributed by atoms with Crippen LogP contribution in [0.3, 0.4) is 0 Å². The molecule has 0 amide bonds. The van der Waals surface area contributed by atoms with E-state index in [1.165, 1.54) is 23.9 Å². The number of aromatic nitrogens is 5. The predicted molar refractivity (Wildman–Crippen MR) is 62.7 cm³/mol. The van der Waals surface area contributed by atoms with Gasteiger partial charge in [-0.15, -0.1) is 14.8 Å². The van der Waals surface area contributed by atoms with Gasteiger partial charge in [0.1, 0.15) is 5.82 Å². The molecule has 3 rings (SSSR count). The lowest BCUT2D eigenvalue weighted by molar-refractivity contribution is 0.414. The first kappa shape index (κ1) is 10.4. The smallest absolute Gasteiger partial charge is 0.200 e. The lowest BCUT2D eigenvalue weighted by atomic mass is 10.1. The second-order valence-electron chi connectivity index (χ2n) is 4.27. The molecule has 7 heteroatoms. The third-order valence-corrected chi connectivity index (χ3v) is 3.01. The van der Waals surface area contributed by atoms with Gasteiger partial charge in [-0.3, -0.25) is 0 Å². The Kier molecular flexibility index (Phi) is 2.83. The molecule has 0 spiro atoms. The van der Waals surface area contributed by atoms with Gasteiger partial charge in [-0.2, -0.15) is 0 Å². The van der Waals surface area contributed by atoms with Gasteiger partial charge >= 0.3 is 0 Å². The fraction of sp³-hybridized carbons (Fsp3) is 0.600. The van der Waals surface area contributed by atoms with E-state index in [4.69, 9.17) is 0 Å². The van der Waals surface area contributed by atoms with E-state index in [9.17, 15) is 0 Å². The number of rotatable bonds is 3. The standard InChI is InChI=1S/C10H15N7/c1-2-6-11-8(3-1)7-12-9-4-5-10-13-15-16-17(10)14-9/h4-5,8,11H,1-3,6-7H2,(H,12,14). The van der Waals surface area contributed by atoms with Crippen molar-refractivity contribution in [2.24, 2.45) is 0 Å². The molecule has 3 heterocycles. The summed E-state index contributed by atoms with van der Waals surface area (Å²) in [6, 6.07) is 4.29. The van der Waals surface area contributed by atoms with Crippen LogP contribution in [0.4, 0.5) is 5.82 Å². The average Bonchev–Trinajstić information content (AvgIpc) is 2.85. The number of hydrogen-bond donors (Lipinski definition) is 2. The lowest BCUT2D eigenvalue weighted by Crippen LogP contribution is -2.39. The van der Waals surface area contributed by atoms with Crippen molar-refractivity contribution >= 4 is 11.5 Å². The monoisotopic (exact) mass is 233 g/mol. The molecule has 2 N–H and O–H groups in total. The van der Waals surface area contributed by atoms with Crippen LogP contribution in [0, 0.1) is 0 Å². The molecule has 1 saturated heterocycles. The molecular weight excluding hydrogens is 218 g/mol. The van der Waals surface area contributed by atoms with E-state index in [0.29, 0.717) is 11.7 Å². The Balaban J connectivity index is 1.63. The second kappa shape index (κ2) is 4.62. The van der Waals surface area contributed by atoms with Crippen LogP contribution >= 0.6 is 0 Å². The van der Waals surface area contributed by atoms with Gasteiger partial charge in [0.05, 0.1) is 0 Å². The van der Waals surface area contributed by atoms with Gasteiger partial charge in [-0.25, -0.2) is 0 Å². The van der Waals surface area contributed by atoms with Gasteiger partial charge in [0.25, 0.3) is 0 Å². The molecule has 0 aromatic carbocycles. The topological polar surface area (TPSA) is 80.0 Å². The van der Waals surface area contributed by atoms with Crippen LogP contribution in [0.1, 0.15) is 19.3 Å². The predicted octanol–water partition coefficient (Wildman–Crippen LogP) is 0.0733. The van der Waals surface area contributed by atoms with Crippen LogP contribution < -0.4 is 10.6 Å². The molecule has 1 fully saturated rings. The highest BCUT2D eigenvalue weighted by molar-refractivity contribution is 5.42. The van der Waals surface area contributed by atoms with Gasteiger partial charge < -0.3 is 10.6 Å². The maximum absolute atomic E-state index is 4.26. The van der Waals surface area contributed by atoms with Crippen molar-refractivity contribution in [1.82, 2.24) is 30.6 Å². The third kappa shape index (κ3) is 2.33. The van der Waals surface area contributed by atoms with Crippen molar-refractivity contribution < 1.29 is 0 Å². The van der Waals surface area contributed by atoms with E-state index < -0.39 is 0 Å². The number of piperidine rings is 1. The molecule has 0 aliphatic carbocycles. The van der Waals surface area contributed by atoms with Crippen molar-refractivity contribution in [2.75, 3.05) is 18.4 Å². The first-order chi connectivity index (χ1) is 8.42. The zero-order valence-electron chi connectivity index (χ0n) is 9.50. The molecule has 90 valence electrons. The molecule has 0 radical (unpaired) electrons. The maximum atomic E-state index is 4.26. The van der Waals surface area contributed by atoms with Crippen LogP contribution in [0.25, 0.3) is 5.65 Å². The van der Waals surface area contributed by atoms with Crippen LogP contribution in [0.5, 0.6) is 0 Å². The number of nitrogens with zero attached hydrogens (tertiary/aromatic N) is 5. The normalized spacial score (nSPS) is 20.6. The zero-order valence-corrected chi connectivity index (χ0v) is 9.50. The van der Waals surface area contributed by atoms with E-state index in [2.05, 4.69) is 31.3 Å². The summed E-state index contributed by atoms with van der Waals surface area (Å²) in [5.41, 5.74) is 0.659. The Morgan fingerprint density at radius 3 is 3.29 bits per heavy atom. The molecule has 1 aliphatic heterocycles. The fourth-order valence-corrected chi connectivity index (χ4v) is 2.07. The molecule has 0 bridgehead atoms. The summed E-state index contributed by atoms with van der Waals surface area (Å²) >= 11 is 0. The minimum Gasteiger partial charge on any atom is -0.367 e. The average molecular weight is 233 g/mol. The number of anilines is 1. The van der Waals surface area contributed by atoms with Crippen LogP contribution in [0.15, 0.2) is 12.1 Å². The van der Waals surface area contributed by atoms with E-state index in [-0.39, 0.29) is 0 Å². The molecule has 1 unspecified atom stereocenters. The number of tetrazole rings is 1. The molecule has 1 aliphatic rings. The maximum Gasteiger partial charge on any atom is 0.200 e. The highest BCUT2D eigenvalue weighted by Crippen LogP contribution is 2.08. The minimum atomic E-state index is 0.537. The number of fused-ring (bicyclic) bond motifs is 1. The van der Waals surface area contributed by atoms with Crippen LogP contribution in [-0.2, 0) is 0 Å². The summed E-state index contributed by atoms with van der Waals surface area (Å²) in [6.45, 7) is 2.01. The van der Waals surface area contributed by atoms with E-state index in [0.717, 1.165) is 18.9 Å². The van der Waals surface area contributed by atoms with Crippen LogP contribution in [0.2, 0.25) is 0 Å². The van der Waals surface area contributed by atoms with Gasteiger partial charge in [0, 0.05) is 12.6 Å². The van der Waals surface area contributed by atoms with Crippen molar-refractivity contribution in [3.05, 3.63) is 12.1 Å². The molecule has 0 saturated carbocycles. The number of nitrogens with one attached hydrogen (secondary N) is 2. The summed E-state index contributed by atoms with van der Waals surface area (Å²) in [6.07, 6.45) is 3.81. The summed E-state index contributed by atoms with van der Waals surface area (Å²) in [4.78, 5) is 0. The SMILES string of the molecule is c1cc2nnnn2nc1NCC1CCCCN1. The highest BCUT2D eigenvalue weighted by Gasteiger charge is 2.12. The molecule has 2 aromatic rings. The Hall–Kier alpha value is -1.76. The molecule has 2 aromatic heterocycles. The van der Waals surface area contributed by atoms with Crippen molar-refractivity contribution in [3.8, 4) is 0 Å². The summed E-state index contributed by atoms with van der Waals surface area (Å²) < 4.78 is 1.43.